The summed E-state index contributed by atoms with van der Waals surface area (Å²) >= 11 is 0. The Kier molecular flexibility index (Phi) is 6.85. The Bertz CT molecular complexity index is 1810. The molecule has 45 heavy (non-hydrogen) atoms. The molecule has 10 nitrogen and oxygen atoms in total. The third kappa shape index (κ3) is 4.34. The molecule has 2 N–H and O–H groups in total. The summed E-state index contributed by atoms with van der Waals surface area (Å²) < 4.78 is 37.1. The van der Waals surface area contributed by atoms with Crippen molar-refractivity contribution in [3.05, 3.63) is 71.4 Å². The molecular formula is C34H38N2O8S. The van der Waals surface area contributed by atoms with Crippen LogP contribution in [0.3, 0.4) is 0 Å². The zero-order valence-corrected chi connectivity index (χ0v) is 26.4. The summed E-state index contributed by atoms with van der Waals surface area (Å²) in [5, 5.41) is 26.8. The molecule has 0 unspecified atom stereocenters. The van der Waals surface area contributed by atoms with Crippen LogP contribution in [0, 0.1) is 28.6 Å². The van der Waals surface area contributed by atoms with E-state index in [0.717, 1.165) is 29.8 Å². The van der Waals surface area contributed by atoms with Crippen LogP contribution in [0.5, 0.6) is 0 Å². The summed E-state index contributed by atoms with van der Waals surface area (Å²) in [5.41, 5.74) is 1.25. The fourth-order valence-corrected chi connectivity index (χ4v) is 10.3. The van der Waals surface area contributed by atoms with E-state index < -0.39 is 45.3 Å². The van der Waals surface area contributed by atoms with E-state index in [1.165, 1.54) is 24.2 Å². The summed E-state index contributed by atoms with van der Waals surface area (Å²) in [6, 6.07) is 9.77. The number of esters is 1. The minimum Gasteiger partial charge on any atom is -0.457 e. The van der Waals surface area contributed by atoms with Crippen LogP contribution < -0.4 is 0 Å². The van der Waals surface area contributed by atoms with Crippen LogP contribution in [0.2, 0.25) is 0 Å². The Balaban J connectivity index is 1.21. The molecule has 0 aliphatic heterocycles. The minimum absolute atomic E-state index is 0.00153. The maximum atomic E-state index is 13.5. The first-order chi connectivity index (χ1) is 21.3. The van der Waals surface area contributed by atoms with Gasteiger partial charge < -0.3 is 19.4 Å². The van der Waals surface area contributed by atoms with Crippen molar-refractivity contribution in [2.45, 2.75) is 69.0 Å². The summed E-state index contributed by atoms with van der Waals surface area (Å²) in [7, 11) is -3.31. The number of ether oxygens (including phenoxy) is 1. The number of Topliss-reactive ketones (excluding diaryl/α,β-unsaturated/α-hetero) is 1. The molecule has 0 spiro atoms. The second kappa shape index (κ2) is 10.2. The summed E-state index contributed by atoms with van der Waals surface area (Å²) in [6.45, 7) is 3.41. The highest BCUT2D eigenvalue weighted by Gasteiger charge is 2.70. The third-order valence-corrected chi connectivity index (χ3v) is 12.8. The van der Waals surface area contributed by atoms with Crippen molar-refractivity contribution in [3.63, 3.8) is 0 Å². The molecule has 0 saturated heterocycles. The van der Waals surface area contributed by atoms with Crippen LogP contribution in [0.1, 0.15) is 67.8 Å². The Morgan fingerprint density at radius 1 is 1.16 bits per heavy atom. The Labute approximate surface area is 262 Å². The molecule has 238 valence electrons. The smallest absolute Gasteiger partial charge is 0.375 e. The summed E-state index contributed by atoms with van der Waals surface area (Å²) in [6.07, 6.45) is 9.32. The minimum atomic E-state index is -3.31. The molecule has 3 saturated carbocycles. The number of fused-ring (bicyclic) bond motifs is 6. The van der Waals surface area contributed by atoms with Crippen LogP contribution in [0.25, 0.3) is 11.8 Å². The van der Waals surface area contributed by atoms with E-state index in [2.05, 4.69) is 18.1 Å². The first-order valence-electron chi connectivity index (χ1n) is 15.5. The number of hydrogen-bond donors (Lipinski definition) is 2. The van der Waals surface area contributed by atoms with E-state index in [9.17, 15) is 28.2 Å². The van der Waals surface area contributed by atoms with E-state index in [1.807, 2.05) is 17.8 Å². The van der Waals surface area contributed by atoms with Crippen molar-refractivity contribution in [1.29, 1.82) is 0 Å². The quantitative estimate of drug-likeness (QED) is 0.381. The molecule has 4 aliphatic carbocycles. The van der Waals surface area contributed by atoms with Crippen molar-refractivity contribution < 1.29 is 37.4 Å². The lowest BCUT2D eigenvalue weighted by Crippen LogP contribution is -2.63. The molecule has 7 atom stereocenters. The van der Waals surface area contributed by atoms with Crippen LogP contribution >= 0.6 is 0 Å². The van der Waals surface area contributed by atoms with E-state index in [4.69, 9.17) is 9.15 Å². The molecule has 3 aromatic rings. The number of hydrogen-bond acceptors (Lipinski definition) is 9. The van der Waals surface area contributed by atoms with Crippen LogP contribution in [0.4, 0.5) is 0 Å². The Morgan fingerprint density at radius 3 is 2.58 bits per heavy atom. The molecule has 11 heteroatoms. The number of sulfone groups is 1. The zero-order chi connectivity index (χ0) is 31.9. The molecule has 4 aliphatic rings. The normalized spacial score (nSPS) is 33.8. The predicted octanol–water partition coefficient (Wildman–Crippen LogP) is 4.18. The van der Waals surface area contributed by atoms with Crippen LogP contribution in [0.15, 0.2) is 63.7 Å². The van der Waals surface area contributed by atoms with Gasteiger partial charge in [-0.1, -0.05) is 19.4 Å². The molecule has 1 aromatic carbocycles. The number of rotatable bonds is 6. The lowest BCUT2D eigenvalue weighted by Gasteiger charge is -2.60. The molecule has 0 radical (unpaired) electrons. The van der Waals surface area contributed by atoms with Gasteiger partial charge in [0.15, 0.2) is 15.4 Å². The fraction of sp³-hybridized carbons (Fsp3) is 0.500. The number of furan rings is 1. The van der Waals surface area contributed by atoms with Gasteiger partial charge in [-0.2, -0.15) is 5.10 Å². The average Bonchev–Trinajstić information content (AvgIpc) is 3.73. The number of aliphatic hydroxyl groups excluding tert-OH is 2. The van der Waals surface area contributed by atoms with E-state index >= 15 is 0 Å². The Hall–Kier alpha value is -3.54. The van der Waals surface area contributed by atoms with Gasteiger partial charge in [-0.05, 0) is 110 Å². The van der Waals surface area contributed by atoms with Gasteiger partial charge in [0.25, 0.3) is 0 Å². The van der Waals surface area contributed by atoms with Crippen molar-refractivity contribution in [2.24, 2.45) is 28.6 Å². The second-order valence-electron chi connectivity index (χ2n) is 13.8. The lowest BCUT2D eigenvalue weighted by molar-refractivity contribution is -0.182. The van der Waals surface area contributed by atoms with Crippen molar-refractivity contribution >= 4 is 27.7 Å². The number of aliphatic hydroxyl groups is 2. The number of aromatic nitrogens is 2. The molecular weight excluding hydrogens is 596 g/mol. The van der Waals surface area contributed by atoms with E-state index in [1.54, 1.807) is 30.3 Å². The van der Waals surface area contributed by atoms with Gasteiger partial charge in [-0.15, -0.1) is 0 Å². The van der Waals surface area contributed by atoms with Gasteiger partial charge >= 0.3 is 5.97 Å². The van der Waals surface area contributed by atoms with Gasteiger partial charge in [0.05, 0.1) is 34.8 Å². The first kappa shape index (κ1) is 30.1. The first-order valence-corrected chi connectivity index (χ1v) is 17.4. The highest BCUT2D eigenvalue weighted by molar-refractivity contribution is 7.90. The van der Waals surface area contributed by atoms with Gasteiger partial charge in [0.2, 0.25) is 11.5 Å². The number of benzene rings is 1. The number of nitrogens with zero attached hydrogens (tertiary/aromatic N) is 2. The number of ketones is 1. The van der Waals surface area contributed by atoms with Gasteiger partial charge in [0.1, 0.15) is 6.61 Å². The molecule has 7 rings (SSSR count). The van der Waals surface area contributed by atoms with Gasteiger partial charge in [-0.3, -0.25) is 4.79 Å². The molecule has 0 amide bonds. The molecule has 0 bridgehead atoms. The standard InChI is InChI=1S/C34H38N2O8S/c1-32-16-20-18-35-36(22-7-9-23(10-8-22)45(3,41)42)26(20)15-21(32)6-11-24-25-12-13-34(29(39)19-37,33(25,2)17-27(38)30(24)32)44-31(40)28-5-4-14-43-28/h4-5,7-10,14-15,18,24-25,27,30,37-38H,6,11-13,16-17,19H2,1-3H3/t24-,25-,27-,30+,32-,33-,34-/m0/s1. The predicted molar refractivity (Wildman–Crippen MR) is 163 cm³/mol. The lowest BCUT2D eigenvalue weighted by atomic mass is 9.45. The molecule has 2 heterocycles. The number of carbonyl (C=O) groups is 2. The Morgan fingerprint density at radius 2 is 1.91 bits per heavy atom. The van der Waals surface area contributed by atoms with Crippen molar-refractivity contribution in [1.82, 2.24) is 9.78 Å². The van der Waals surface area contributed by atoms with Gasteiger partial charge in [0, 0.05) is 11.7 Å². The second-order valence-corrected chi connectivity index (χ2v) is 15.9. The third-order valence-electron chi connectivity index (χ3n) is 11.6. The van der Waals surface area contributed by atoms with Crippen LogP contribution in [-0.4, -0.2) is 64.7 Å². The fourth-order valence-electron chi connectivity index (χ4n) is 9.63. The topological polar surface area (TPSA) is 149 Å². The maximum absolute atomic E-state index is 13.5. The van der Waals surface area contributed by atoms with Crippen molar-refractivity contribution in [3.8, 4) is 5.69 Å². The zero-order valence-electron chi connectivity index (χ0n) is 25.6. The van der Waals surface area contributed by atoms with Crippen molar-refractivity contribution in [2.75, 3.05) is 12.9 Å². The highest BCUT2D eigenvalue weighted by atomic mass is 32.2. The van der Waals surface area contributed by atoms with Crippen LogP contribution in [-0.2, 0) is 25.8 Å². The summed E-state index contributed by atoms with van der Waals surface area (Å²) in [4.78, 5) is 26.9. The summed E-state index contributed by atoms with van der Waals surface area (Å²) in [5.74, 6) is -1.30. The SMILES string of the molecule is C[C@]12Cc3cnn(-c4ccc(S(C)(=O)=O)cc4)c3C=C1CC[C@@H]1[C@@H]2[C@@H](O)C[C@@]2(C)[C@H]1CC[C@]2(OC(=O)c1ccco1)C(=O)CO. The molecule has 2 aromatic heterocycles. The highest BCUT2D eigenvalue weighted by Crippen LogP contribution is 2.68. The maximum Gasteiger partial charge on any atom is 0.375 e. The van der Waals surface area contributed by atoms with E-state index in [-0.39, 0.29) is 46.7 Å². The number of allylic oxidation sites excluding steroid dienone is 1. The average molecular weight is 635 g/mol. The number of carbonyl (C=O) groups excluding carboxylic acids is 2. The monoisotopic (exact) mass is 634 g/mol. The largest absolute Gasteiger partial charge is 0.457 e. The van der Waals surface area contributed by atoms with Gasteiger partial charge in [-0.25, -0.2) is 17.9 Å². The van der Waals surface area contributed by atoms with E-state index in [0.29, 0.717) is 12.8 Å². The molecule has 3 fully saturated rings.